The highest BCUT2D eigenvalue weighted by atomic mass is 16.5. The lowest BCUT2D eigenvalue weighted by molar-refractivity contribution is 0.383. The second-order valence-corrected chi connectivity index (χ2v) is 8.97. The smallest absolute Gasteiger partial charge is 0.251 e. The molecule has 0 radical (unpaired) electrons. The van der Waals surface area contributed by atoms with Crippen molar-refractivity contribution in [3.05, 3.63) is 76.5 Å². The van der Waals surface area contributed by atoms with Gasteiger partial charge in [0.1, 0.15) is 16.9 Å². The average molecular weight is 469 g/mol. The Morgan fingerprint density at radius 2 is 1.89 bits per heavy atom. The Morgan fingerprint density at radius 3 is 2.60 bits per heavy atom. The Bertz CT molecular complexity index is 1460. The summed E-state index contributed by atoms with van der Waals surface area (Å²) in [5.74, 6) is 0.517. The number of hydrogen-bond donors (Lipinski definition) is 1. The summed E-state index contributed by atoms with van der Waals surface area (Å²) < 4.78 is 7.22. The summed E-state index contributed by atoms with van der Waals surface area (Å²) in [6.07, 6.45) is 6.63. The summed E-state index contributed by atoms with van der Waals surface area (Å²) in [4.78, 5) is 22.0. The van der Waals surface area contributed by atoms with E-state index in [-0.39, 0.29) is 6.99 Å². The molecule has 5 rings (SSSR count). The molecule has 0 amide bonds. The van der Waals surface area contributed by atoms with Crippen molar-refractivity contribution in [3.8, 4) is 40.0 Å². The number of nitriles is 1. The van der Waals surface area contributed by atoms with Crippen molar-refractivity contribution in [1.29, 1.82) is 5.26 Å². The van der Waals surface area contributed by atoms with Crippen molar-refractivity contribution < 1.29 is 5.95 Å². The van der Waals surface area contributed by atoms with E-state index in [0.717, 1.165) is 30.5 Å². The molecule has 4 aromatic rings. The SMILES string of the molecule is CNCc1ccc(-c2cc(-c3nc(-c4ccc(=O)n(C5(C#N)CCCC5)c4)cnc3C)on2)cc1.[HH]. The molecular weight excluding hydrogens is 440 g/mol. The lowest BCUT2D eigenvalue weighted by Gasteiger charge is -2.24. The van der Waals surface area contributed by atoms with E-state index < -0.39 is 5.54 Å². The molecule has 1 fully saturated rings. The maximum absolute atomic E-state index is 12.6. The number of nitrogens with one attached hydrogen (secondary N) is 1. The minimum absolute atomic E-state index is 0. The largest absolute Gasteiger partial charge is 0.354 e. The molecule has 1 aliphatic carbocycles. The fraction of sp³-hybridized carbons (Fsp3) is 0.296. The second-order valence-electron chi connectivity index (χ2n) is 8.97. The van der Waals surface area contributed by atoms with Crippen LogP contribution in [0.15, 0.2) is 64.2 Å². The predicted molar refractivity (Wildman–Crippen MR) is 134 cm³/mol. The van der Waals surface area contributed by atoms with Crippen molar-refractivity contribution >= 4 is 0 Å². The van der Waals surface area contributed by atoms with Crippen molar-refractivity contribution in [2.75, 3.05) is 7.05 Å². The molecule has 0 aliphatic heterocycles. The summed E-state index contributed by atoms with van der Waals surface area (Å²) >= 11 is 0. The van der Waals surface area contributed by atoms with E-state index in [1.807, 2.05) is 32.2 Å². The van der Waals surface area contributed by atoms with Gasteiger partial charge < -0.3 is 9.84 Å². The van der Waals surface area contributed by atoms with Gasteiger partial charge in [0.25, 0.3) is 5.56 Å². The van der Waals surface area contributed by atoms with Crippen molar-refractivity contribution in [3.63, 3.8) is 0 Å². The third kappa shape index (κ3) is 4.27. The highest BCUT2D eigenvalue weighted by Crippen LogP contribution is 2.36. The molecule has 1 aliphatic rings. The quantitative estimate of drug-likeness (QED) is 0.437. The van der Waals surface area contributed by atoms with Gasteiger partial charge in [-0.25, -0.2) is 4.98 Å². The Labute approximate surface area is 204 Å². The monoisotopic (exact) mass is 468 g/mol. The normalized spacial score (nSPS) is 14.7. The van der Waals surface area contributed by atoms with Crippen LogP contribution in [0, 0.1) is 18.3 Å². The molecule has 35 heavy (non-hydrogen) atoms. The fourth-order valence-electron chi connectivity index (χ4n) is 4.68. The number of nitrogens with zero attached hydrogens (tertiary/aromatic N) is 5. The van der Waals surface area contributed by atoms with Gasteiger partial charge in [-0.2, -0.15) is 5.26 Å². The number of pyridine rings is 1. The molecule has 0 atom stereocenters. The summed E-state index contributed by atoms with van der Waals surface area (Å²) in [6, 6.07) is 15.6. The maximum Gasteiger partial charge on any atom is 0.251 e. The van der Waals surface area contributed by atoms with Crippen LogP contribution in [-0.4, -0.2) is 26.7 Å². The number of rotatable bonds is 6. The van der Waals surface area contributed by atoms with Crippen molar-refractivity contribution in [1.82, 2.24) is 25.0 Å². The van der Waals surface area contributed by atoms with Crippen LogP contribution in [-0.2, 0) is 12.1 Å². The zero-order valence-electron chi connectivity index (χ0n) is 19.8. The first-order chi connectivity index (χ1) is 17.0. The molecule has 178 valence electrons. The molecule has 0 spiro atoms. The zero-order chi connectivity index (χ0) is 24.4. The minimum Gasteiger partial charge on any atom is -0.354 e. The number of aryl methyl sites for hydroxylation is 1. The van der Waals surface area contributed by atoms with Gasteiger partial charge in [0.2, 0.25) is 0 Å². The van der Waals surface area contributed by atoms with Gasteiger partial charge in [0, 0.05) is 37.4 Å². The zero-order valence-corrected chi connectivity index (χ0v) is 19.8. The van der Waals surface area contributed by atoms with Gasteiger partial charge in [-0.3, -0.25) is 14.3 Å². The van der Waals surface area contributed by atoms with Crippen LogP contribution in [0.1, 0.15) is 38.4 Å². The predicted octanol–water partition coefficient (Wildman–Crippen LogP) is 4.69. The molecule has 0 bridgehead atoms. The van der Waals surface area contributed by atoms with Crippen molar-refractivity contribution in [2.45, 2.75) is 44.7 Å². The van der Waals surface area contributed by atoms with Gasteiger partial charge in [0.15, 0.2) is 5.76 Å². The molecule has 8 nitrogen and oxygen atoms in total. The van der Waals surface area contributed by atoms with Crippen LogP contribution < -0.4 is 10.9 Å². The third-order valence-corrected chi connectivity index (χ3v) is 6.64. The summed E-state index contributed by atoms with van der Waals surface area (Å²) in [7, 11) is 1.92. The molecule has 0 saturated heterocycles. The minimum atomic E-state index is -0.795. The van der Waals surface area contributed by atoms with Gasteiger partial charge in [-0.15, -0.1) is 0 Å². The Morgan fingerprint density at radius 1 is 1.14 bits per heavy atom. The van der Waals surface area contributed by atoms with E-state index in [2.05, 4.69) is 33.7 Å². The van der Waals surface area contributed by atoms with Gasteiger partial charge in [-0.1, -0.05) is 29.4 Å². The van der Waals surface area contributed by atoms with E-state index in [1.54, 1.807) is 23.0 Å². The van der Waals surface area contributed by atoms with Crippen LogP contribution in [0.25, 0.3) is 34.0 Å². The molecule has 0 unspecified atom stereocenters. The van der Waals surface area contributed by atoms with Crippen LogP contribution >= 0.6 is 0 Å². The Hall–Kier alpha value is -4.09. The van der Waals surface area contributed by atoms with Crippen molar-refractivity contribution in [2.24, 2.45) is 0 Å². The lowest BCUT2D eigenvalue weighted by Crippen LogP contribution is -2.37. The molecular formula is C27H28N6O2. The molecule has 3 heterocycles. The van der Waals surface area contributed by atoms with E-state index in [4.69, 9.17) is 9.51 Å². The molecule has 8 heteroatoms. The number of benzene rings is 1. The summed E-state index contributed by atoms with van der Waals surface area (Å²) in [5, 5.41) is 17.2. The Balaban J connectivity index is 0.00000304. The summed E-state index contributed by atoms with van der Waals surface area (Å²) in [5.41, 5.74) is 4.49. The van der Waals surface area contributed by atoms with E-state index >= 15 is 0 Å². The highest BCUT2D eigenvalue weighted by molar-refractivity contribution is 5.68. The van der Waals surface area contributed by atoms with Crippen LogP contribution in [0.5, 0.6) is 0 Å². The fourth-order valence-corrected chi connectivity index (χ4v) is 4.68. The standard InChI is InChI=1S/C27H26N6O2.H2/c1-18-26(24-13-22(32-35-24)20-7-5-19(6-8-20)14-29-2)31-23(15-30-18)21-9-10-25(34)33(16-21)27(17-28)11-3-4-12-27;/h5-10,13,15-16,29H,3-4,11-12,14H2,1-2H3;1H. The molecule has 1 saturated carbocycles. The lowest BCUT2D eigenvalue weighted by atomic mass is 9.98. The van der Waals surface area contributed by atoms with Crippen LogP contribution in [0.4, 0.5) is 0 Å². The average Bonchev–Trinajstić information content (AvgIpc) is 3.56. The van der Waals surface area contributed by atoms with Gasteiger partial charge in [-0.05, 0) is 51.3 Å². The van der Waals surface area contributed by atoms with Crippen LogP contribution in [0.3, 0.4) is 0 Å². The number of hydrogen-bond acceptors (Lipinski definition) is 7. The highest BCUT2D eigenvalue weighted by Gasteiger charge is 2.36. The summed E-state index contributed by atoms with van der Waals surface area (Å²) in [6.45, 7) is 2.67. The molecule has 3 aromatic heterocycles. The first-order valence-electron chi connectivity index (χ1n) is 11.7. The van der Waals surface area contributed by atoms with E-state index in [9.17, 15) is 10.1 Å². The van der Waals surface area contributed by atoms with Gasteiger partial charge in [0.05, 0.1) is 23.7 Å². The first kappa shape index (κ1) is 22.7. The number of aromatic nitrogens is 4. The Kier molecular flexibility index (Phi) is 6.01. The third-order valence-electron chi connectivity index (χ3n) is 6.64. The van der Waals surface area contributed by atoms with E-state index in [1.165, 1.54) is 11.6 Å². The van der Waals surface area contributed by atoms with E-state index in [0.29, 0.717) is 41.4 Å². The molecule has 1 N–H and O–H groups in total. The maximum atomic E-state index is 12.6. The second kappa shape index (κ2) is 9.28. The topological polar surface area (TPSA) is 110 Å². The first-order valence-corrected chi connectivity index (χ1v) is 11.7. The van der Waals surface area contributed by atoms with Crippen LogP contribution in [0.2, 0.25) is 0 Å². The van der Waals surface area contributed by atoms with Gasteiger partial charge >= 0.3 is 0 Å². The molecule has 1 aromatic carbocycles.